The van der Waals surface area contributed by atoms with Gasteiger partial charge in [-0.15, -0.1) is 0 Å². The summed E-state index contributed by atoms with van der Waals surface area (Å²) >= 11 is 3.35. The second-order valence-electron chi connectivity index (χ2n) is 4.53. The Labute approximate surface area is 119 Å². The van der Waals surface area contributed by atoms with Gasteiger partial charge in [0.1, 0.15) is 11.2 Å². The van der Waals surface area contributed by atoms with Crippen molar-refractivity contribution in [3.05, 3.63) is 28.2 Å². The quantitative estimate of drug-likeness (QED) is 0.810. The lowest BCUT2D eigenvalue weighted by Gasteiger charge is -2.13. The van der Waals surface area contributed by atoms with Gasteiger partial charge in [0.2, 0.25) is 5.91 Å². The van der Waals surface area contributed by atoms with Crippen molar-refractivity contribution in [2.75, 3.05) is 7.11 Å². The Balaban J connectivity index is 2.05. The Kier molecular flexibility index (Phi) is 3.80. The highest BCUT2D eigenvalue weighted by atomic mass is 79.9. The molecule has 1 saturated carbocycles. The van der Waals surface area contributed by atoms with E-state index in [4.69, 9.17) is 9.84 Å². The van der Waals surface area contributed by atoms with E-state index in [0.717, 1.165) is 10.0 Å². The number of ether oxygens (including phenoxy) is 1. The van der Waals surface area contributed by atoms with Crippen LogP contribution >= 0.6 is 15.9 Å². The van der Waals surface area contributed by atoms with Crippen LogP contribution < -0.4 is 10.1 Å². The van der Waals surface area contributed by atoms with Crippen molar-refractivity contribution in [2.24, 2.45) is 5.41 Å². The molecule has 1 aromatic rings. The highest BCUT2D eigenvalue weighted by Crippen LogP contribution is 2.46. The van der Waals surface area contributed by atoms with Gasteiger partial charge in [0.15, 0.2) is 0 Å². The van der Waals surface area contributed by atoms with Crippen LogP contribution in [-0.2, 0) is 16.1 Å². The smallest absolute Gasteiger partial charge is 0.319 e. The first-order valence-electron chi connectivity index (χ1n) is 5.84. The lowest BCUT2D eigenvalue weighted by atomic mass is 10.1. The first kappa shape index (κ1) is 13.9. The van der Waals surface area contributed by atoms with Gasteiger partial charge in [-0.3, -0.25) is 9.59 Å². The van der Waals surface area contributed by atoms with Crippen molar-refractivity contribution >= 4 is 27.8 Å². The minimum absolute atomic E-state index is 0.247. The normalized spacial score (nSPS) is 15.7. The van der Waals surface area contributed by atoms with Gasteiger partial charge in [0, 0.05) is 16.6 Å². The van der Waals surface area contributed by atoms with E-state index >= 15 is 0 Å². The molecule has 0 heterocycles. The number of nitrogens with one attached hydrogen (secondary N) is 1. The standard InChI is InChI=1S/C13H14BrNO4/c1-19-10-3-2-9(14)6-8(10)7-15-11(16)13(4-5-13)12(17)18/h2-3,6H,4-5,7H2,1H3,(H,15,16)(H,17,18). The first-order valence-corrected chi connectivity index (χ1v) is 6.63. The van der Waals surface area contributed by atoms with E-state index in [1.54, 1.807) is 13.2 Å². The monoisotopic (exact) mass is 327 g/mol. The van der Waals surface area contributed by atoms with E-state index in [-0.39, 0.29) is 6.54 Å². The molecule has 1 aliphatic rings. The Hall–Kier alpha value is -1.56. The predicted octanol–water partition coefficient (Wildman–Crippen LogP) is 1.94. The molecule has 1 aromatic carbocycles. The van der Waals surface area contributed by atoms with E-state index in [1.807, 2.05) is 12.1 Å². The maximum atomic E-state index is 11.9. The van der Waals surface area contributed by atoms with Crippen molar-refractivity contribution in [2.45, 2.75) is 19.4 Å². The zero-order valence-corrected chi connectivity index (χ0v) is 12.0. The van der Waals surface area contributed by atoms with Crippen molar-refractivity contribution in [1.29, 1.82) is 0 Å². The number of methoxy groups -OCH3 is 1. The van der Waals surface area contributed by atoms with Gasteiger partial charge in [0.05, 0.1) is 7.11 Å². The van der Waals surface area contributed by atoms with Crippen LogP contribution in [0.4, 0.5) is 0 Å². The summed E-state index contributed by atoms with van der Waals surface area (Å²) in [6.45, 7) is 0.247. The van der Waals surface area contributed by atoms with Crippen LogP contribution in [0.3, 0.4) is 0 Å². The predicted molar refractivity (Wildman–Crippen MR) is 71.8 cm³/mol. The number of aliphatic carboxylic acids is 1. The molecule has 1 fully saturated rings. The number of amides is 1. The minimum atomic E-state index is -1.21. The van der Waals surface area contributed by atoms with Gasteiger partial charge in [-0.25, -0.2) is 0 Å². The number of hydrogen-bond acceptors (Lipinski definition) is 3. The Morgan fingerprint density at radius 2 is 2.16 bits per heavy atom. The molecule has 0 aliphatic heterocycles. The lowest BCUT2D eigenvalue weighted by Crippen LogP contribution is -2.36. The number of hydrogen-bond donors (Lipinski definition) is 2. The maximum Gasteiger partial charge on any atom is 0.319 e. The van der Waals surface area contributed by atoms with Gasteiger partial charge >= 0.3 is 5.97 Å². The molecule has 19 heavy (non-hydrogen) atoms. The second-order valence-corrected chi connectivity index (χ2v) is 5.44. The van der Waals surface area contributed by atoms with Crippen molar-refractivity contribution in [3.8, 4) is 5.75 Å². The molecular weight excluding hydrogens is 314 g/mol. The molecule has 6 heteroatoms. The number of benzene rings is 1. The topological polar surface area (TPSA) is 75.6 Å². The maximum absolute atomic E-state index is 11.9. The van der Waals surface area contributed by atoms with E-state index in [0.29, 0.717) is 18.6 Å². The van der Waals surface area contributed by atoms with Gasteiger partial charge < -0.3 is 15.2 Å². The van der Waals surface area contributed by atoms with Crippen LogP contribution in [-0.4, -0.2) is 24.1 Å². The van der Waals surface area contributed by atoms with Crippen molar-refractivity contribution in [3.63, 3.8) is 0 Å². The number of carboxylic acids is 1. The third-order valence-electron chi connectivity index (χ3n) is 3.28. The molecule has 2 N–H and O–H groups in total. The third-order valence-corrected chi connectivity index (χ3v) is 3.77. The molecule has 0 unspecified atom stereocenters. The zero-order valence-electron chi connectivity index (χ0n) is 10.4. The summed E-state index contributed by atoms with van der Waals surface area (Å²) in [6.07, 6.45) is 0.813. The molecule has 5 nitrogen and oxygen atoms in total. The zero-order chi connectivity index (χ0) is 14.0. The molecular formula is C13H14BrNO4. The van der Waals surface area contributed by atoms with Gasteiger partial charge in [0.25, 0.3) is 0 Å². The number of rotatable bonds is 5. The summed E-state index contributed by atoms with van der Waals surface area (Å²) in [5.74, 6) is -0.822. The van der Waals surface area contributed by atoms with Gasteiger partial charge in [-0.2, -0.15) is 0 Å². The van der Waals surface area contributed by atoms with Crippen LogP contribution in [0.5, 0.6) is 5.75 Å². The van der Waals surface area contributed by atoms with Crippen LogP contribution in [0.25, 0.3) is 0 Å². The second kappa shape index (κ2) is 5.21. The van der Waals surface area contributed by atoms with Gasteiger partial charge in [-0.1, -0.05) is 15.9 Å². The van der Waals surface area contributed by atoms with Crippen LogP contribution in [0.2, 0.25) is 0 Å². The fourth-order valence-corrected chi connectivity index (χ4v) is 2.30. The molecule has 0 saturated heterocycles. The summed E-state index contributed by atoms with van der Waals surface area (Å²) < 4.78 is 6.07. The SMILES string of the molecule is COc1ccc(Br)cc1CNC(=O)C1(C(=O)O)CC1. The minimum Gasteiger partial charge on any atom is -0.496 e. The van der Waals surface area contributed by atoms with E-state index in [9.17, 15) is 9.59 Å². The largest absolute Gasteiger partial charge is 0.496 e. The van der Waals surface area contributed by atoms with Gasteiger partial charge in [-0.05, 0) is 31.0 Å². The van der Waals surface area contributed by atoms with Crippen LogP contribution in [0.1, 0.15) is 18.4 Å². The molecule has 0 spiro atoms. The average molecular weight is 328 g/mol. The molecule has 0 radical (unpaired) electrons. The molecule has 0 aromatic heterocycles. The Bertz CT molecular complexity index is 525. The van der Waals surface area contributed by atoms with Crippen molar-refractivity contribution in [1.82, 2.24) is 5.32 Å². The molecule has 102 valence electrons. The summed E-state index contributed by atoms with van der Waals surface area (Å²) in [6, 6.07) is 5.46. The van der Waals surface area contributed by atoms with Crippen LogP contribution in [0.15, 0.2) is 22.7 Å². The number of halogens is 1. The summed E-state index contributed by atoms with van der Waals surface area (Å²) in [5.41, 5.74) is -0.411. The Morgan fingerprint density at radius 3 is 2.68 bits per heavy atom. The van der Waals surface area contributed by atoms with Crippen molar-refractivity contribution < 1.29 is 19.4 Å². The molecule has 2 rings (SSSR count). The molecule has 0 atom stereocenters. The first-order chi connectivity index (χ1) is 8.99. The van der Waals surface area contributed by atoms with E-state index in [1.165, 1.54) is 0 Å². The highest BCUT2D eigenvalue weighted by molar-refractivity contribution is 9.10. The van der Waals surface area contributed by atoms with Crippen LogP contribution in [0, 0.1) is 5.41 Å². The third kappa shape index (κ3) is 2.73. The molecule has 0 bridgehead atoms. The summed E-state index contributed by atoms with van der Waals surface area (Å²) in [5, 5.41) is 11.7. The number of carboxylic acid groups (broad SMARTS) is 1. The summed E-state index contributed by atoms with van der Waals surface area (Å²) in [7, 11) is 1.55. The average Bonchev–Trinajstić information content (AvgIpc) is 3.17. The lowest BCUT2D eigenvalue weighted by molar-refractivity contribution is -0.149. The fraction of sp³-hybridized carbons (Fsp3) is 0.385. The summed E-state index contributed by atoms with van der Waals surface area (Å²) in [4.78, 5) is 22.9. The fourth-order valence-electron chi connectivity index (χ4n) is 1.89. The van der Waals surface area contributed by atoms with E-state index in [2.05, 4.69) is 21.2 Å². The highest BCUT2D eigenvalue weighted by Gasteiger charge is 2.56. The number of carbonyl (C=O) groups is 2. The Morgan fingerprint density at radius 1 is 1.47 bits per heavy atom. The molecule has 1 aliphatic carbocycles. The molecule has 1 amide bonds. The number of carbonyl (C=O) groups excluding carboxylic acids is 1. The van der Waals surface area contributed by atoms with E-state index < -0.39 is 17.3 Å².